The van der Waals surface area contributed by atoms with Gasteiger partial charge in [-0.1, -0.05) is 25.7 Å². The Morgan fingerprint density at radius 3 is 2.64 bits per heavy atom. The molecule has 1 saturated heterocycles. The number of rotatable bonds is 6. The summed E-state index contributed by atoms with van der Waals surface area (Å²) in [6.07, 6.45) is 8.76. The Kier molecular flexibility index (Phi) is 6.68. The maximum Gasteiger partial charge on any atom is 0.241 e. The van der Waals surface area contributed by atoms with Crippen LogP contribution >= 0.6 is 0 Å². The predicted molar refractivity (Wildman–Crippen MR) is 87.2 cm³/mol. The van der Waals surface area contributed by atoms with Crippen LogP contribution in [0, 0.1) is 11.8 Å². The van der Waals surface area contributed by atoms with Gasteiger partial charge in [0.1, 0.15) is 0 Å². The molecule has 0 radical (unpaired) electrons. The summed E-state index contributed by atoms with van der Waals surface area (Å²) in [6.45, 7) is 3.66. The van der Waals surface area contributed by atoms with Crippen LogP contribution in [0.15, 0.2) is 0 Å². The van der Waals surface area contributed by atoms with Gasteiger partial charge in [-0.05, 0) is 38.0 Å². The number of carbonyl (C=O) groups excluding carboxylic acids is 2. The summed E-state index contributed by atoms with van der Waals surface area (Å²) in [4.78, 5) is 25.9. The monoisotopic (exact) mass is 309 g/mol. The topological polar surface area (TPSA) is 75.4 Å². The number of hydrogen-bond acceptors (Lipinski definition) is 3. The van der Waals surface area contributed by atoms with E-state index in [1.165, 1.54) is 25.7 Å². The van der Waals surface area contributed by atoms with Gasteiger partial charge in [-0.25, -0.2) is 0 Å². The van der Waals surface area contributed by atoms with E-state index in [0.717, 1.165) is 38.3 Å². The van der Waals surface area contributed by atoms with Crippen LogP contribution in [0.4, 0.5) is 0 Å². The number of piperidine rings is 1. The number of nitrogens with two attached hydrogens (primary N) is 1. The van der Waals surface area contributed by atoms with Gasteiger partial charge in [-0.3, -0.25) is 9.59 Å². The maximum absolute atomic E-state index is 12.2. The van der Waals surface area contributed by atoms with E-state index in [1.807, 2.05) is 11.8 Å². The van der Waals surface area contributed by atoms with Crippen LogP contribution in [-0.4, -0.2) is 42.4 Å². The van der Waals surface area contributed by atoms with Crippen molar-refractivity contribution < 1.29 is 9.59 Å². The summed E-state index contributed by atoms with van der Waals surface area (Å²) in [5, 5.41) is 2.79. The fourth-order valence-electron chi connectivity index (χ4n) is 3.67. The number of likely N-dealkylation sites (tertiary alicyclic amines) is 1. The number of hydrogen-bond donors (Lipinski definition) is 2. The largest absolute Gasteiger partial charge is 0.347 e. The fraction of sp³-hybridized carbons (Fsp3) is 0.882. The Balaban J connectivity index is 1.64. The first-order valence-corrected chi connectivity index (χ1v) is 8.86. The minimum Gasteiger partial charge on any atom is -0.347 e. The van der Waals surface area contributed by atoms with E-state index in [-0.39, 0.29) is 24.4 Å². The predicted octanol–water partition coefficient (Wildman–Crippen LogP) is 1.66. The normalized spacial score (nSPS) is 24.3. The molecular weight excluding hydrogens is 278 g/mol. The highest BCUT2D eigenvalue weighted by Gasteiger charge is 2.25. The first-order valence-electron chi connectivity index (χ1n) is 8.86. The molecule has 2 rings (SSSR count). The Hall–Kier alpha value is -1.10. The van der Waals surface area contributed by atoms with Crippen LogP contribution in [0.5, 0.6) is 0 Å². The standard InChI is InChI=1S/C17H31N3O2/c1-13(18)15-7-4-10-20(12-15)17(22)11-19-16(21)9-8-14-5-2-3-6-14/h13-15H,2-12,18H2,1H3,(H,19,21). The van der Waals surface area contributed by atoms with E-state index in [0.29, 0.717) is 12.3 Å². The van der Waals surface area contributed by atoms with Gasteiger partial charge in [0, 0.05) is 25.6 Å². The molecule has 0 spiro atoms. The zero-order valence-corrected chi connectivity index (χ0v) is 13.9. The molecule has 2 aliphatic rings. The molecule has 126 valence electrons. The zero-order chi connectivity index (χ0) is 15.9. The highest BCUT2D eigenvalue weighted by molar-refractivity contribution is 5.84. The molecule has 5 heteroatoms. The molecule has 0 aromatic heterocycles. The second kappa shape index (κ2) is 8.51. The van der Waals surface area contributed by atoms with E-state index >= 15 is 0 Å². The number of amides is 2. The molecular formula is C17H31N3O2. The van der Waals surface area contributed by atoms with Crippen LogP contribution in [-0.2, 0) is 9.59 Å². The van der Waals surface area contributed by atoms with E-state index in [1.54, 1.807) is 0 Å². The second-order valence-electron chi connectivity index (χ2n) is 7.07. The Morgan fingerprint density at radius 2 is 1.95 bits per heavy atom. The van der Waals surface area contributed by atoms with E-state index in [4.69, 9.17) is 5.73 Å². The molecule has 3 N–H and O–H groups in total. The molecule has 5 nitrogen and oxygen atoms in total. The van der Waals surface area contributed by atoms with Crippen molar-refractivity contribution in [2.45, 2.75) is 64.3 Å². The summed E-state index contributed by atoms with van der Waals surface area (Å²) < 4.78 is 0. The van der Waals surface area contributed by atoms with Gasteiger partial charge in [0.2, 0.25) is 11.8 Å². The number of carbonyl (C=O) groups is 2. The lowest BCUT2D eigenvalue weighted by molar-refractivity contribution is -0.134. The molecule has 0 aromatic carbocycles. The van der Waals surface area contributed by atoms with Crippen LogP contribution in [0.25, 0.3) is 0 Å². The van der Waals surface area contributed by atoms with Gasteiger partial charge in [0.05, 0.1) is 6.54 Å². The molecule has 1 saturated carbocycles. The number of nitrogens with one attached hydrogen (secondary N) is 1. The molecule has 2 fully saturated rings. The minimum absolute atomic E-state index is 0.0148. The minimum atomic E-state index is 0.0148. The summed E-state index contributed by atoms with van der Waals surface area (Å²) in [5.41, 5.74) is 5.94. The number of nitrogens with zero attached hydrogens (tertiary/aromatic N) is 1. The lowest BCUT2D eigenvalue weighted by Gasteiger charge is -2.34. The van der Waals surface area contributed by atoms with Crippen LogP contribution in [0.1, 0.15) is 58.3 Å². The average Bonchev–Trinajstić information content (AvgIpc) is 3.04. The van der Waals surface area contributed by atoms with Crippen molar-refractivity contribution in [3.05, 3.63) is 0 Å². The van der Waals surface area contributed by atoms with Crippen molar-refractivity contribution in [2.24, 2.45) is 17.6 Å². The van der Waals surface area contributed by atoms with Crippen molar-refractivity contribution in [1.29, 1.82) is 0 Å². The maximum atomic E-state index is 12.2. The van der Waals surface area contributed by atoms with E-state index in [9.17, 15) is 9.59 Å². The van der Waals surface area contributed by atoms with Gasteiger partial charge >= 0.3 is 0 Å². The molecule has 1 heterocycles. The van der Waals surface area contributed by atoms with Gasteiger partial charge in [-0.15, -0.1) is 0 Å². The van der Waals surface area contributed by atoms with Gasteiger partial charge in [-0.2, -0.15) is 0 Å². The van der Waals surface area contributed by atoms with Gasteiger partial charge in [0.15, 0.2) is 0 Å². The van der Waals surface area contributed by atoms with Crippen LogP contribution in [0.3, 0.4) is 0 Å². The summed E-state index contributed by atoms with van der Waals surface area (Å²) in [5.74, 6) is 1.15. The average molecular weight is 309 g/mol. The first-order chi connectivity index (χ1) is 10.6. The Morgan fingerprint density at radius 1 is 1.23 bits per heavy atom. The third-order valence-corrected chi connectivity index (χ3v) is 5.25. The summed E-state index contributed by atoms with van der Waals surface area (Å²) in [6, 6.07) is 0.122. The molecule has 2 unspecified atom stereocenters. The van der Waals surface area contributed by atoms with Crippen molar-refractivity contribution in [1.82, 2.24) is 10.2 Å². The zero-order valence-electron chi connectivity index (χ0n) is 13.9. The van der Waals surface area contributed by atoms with Crippen molar-refractivity contribution >= 4 is 11.8 Å². The highest BCUT2D eigenvalue weighted by Crippen LogP contribution is 2.28. The lowest BCUT2D eigenvalue weighted by Crippen LogP contribution is -2.48. The van der Waals surface area contributed by atoms with E-state index < -0.39 is 0 Å². The molecule has 0 bridgehead atoms. The lowest BCUT2D eigenvalue weighted by atomic mass is 9.92. The van der Waals surface area contributed by atoms with Crippen LogP contribution < -0.4 is 11.1 Å². The SMILES string of the molecule is CC(N)C1CCCN(C(=O)CNC(=O)CCC2CCCC2)C1. The van der Waals surface area contributed by atoms with Gasteiger partial charge in [0.25, 0.3) is 0 Å². The summed E-state index contributed by atoms with van der Waals surface area (Å²) in [7, 11) is 0. The fourth-order valence-corrected chi connectivity index (χ4v) is 3.67. The third-order valence-electron chi connectivity index (χ3n) is 5.25. The molecule has 0 aromatic rings. The van der Waals surface area contributed by atoms with Crippen LogP contribution in [0.2, 0.25) is 0 Å². The smallest absolute Gasteiger partial charge is 0.241 e. The highest BCUT2D eigenvalue weighted by atomic mass is 16.2. The van der Waals surface area contributed by atoms with Crippen molar-refractivity contribution in [2.75, 3.05) is 19.6 Å². The van der Waals surface area contributed by atoms with Crippen molar-refractivity contribution in [3.63, 3.8) is 0 Å². The second-order valence-corrected chi connectivity index (χ2v) is 7.07. The molecule has 1 aliphatic heterocycles. The molecule has 2 amide bonds. The van der Waals surface area contributed by atoms with Crippen molar-refractivity contribution in [3.8, 4) is 0 Å². The van der Waals surface area contributed by atoms with E-state index in [2.05, 4.69) is 5.32 Å². The molecule has 1 aliphatic carbocycles. The Bertz CT molecular complexity index is 378. The molecule has 22 heavy (non-hydrogen) atoms. The Labute approximate surface area is 134 Å². The quantitative estimate of drug-likeness (QED) is 0.783. The third kappa shape index (κ3) is 5.27. The molecule has 2 atom stereocenters. The first kappa shape index (κ1) is 17.3. The van der Waals surface area contributed by atoms with Gasteiger partial charge < -0.3 is 16.0 Å². The summed E-state index contributed by atoms with van der Waals surface area (Å²) >= 11 is 0.